The molecule has 0 aliphatic heterocycles. The molecule has 1 aromatic carbocycles. The van der Waals surface area contributed by atoms with Crippen molar-refractivity contribution in [3.05, 3.63) is 35.9 Å². The molecule has 0 fully saturated rings. The van der Waals surface area contributed by atoms with Gasteiger partial charge in [-0.3, -0.25) is 0 Å². The summed E-state index contributed by atoms with van der Waals surface area (Å²) in [5.74, 6) is 0.941. The summed E-state index contributed by atoms with van der Waals surface area (Å²) in [7, 11) is 0. The third-order valence-electron chi connectivity index (χ3n) is 3.25. The fourth-order valence-electron chi connectivity index (χ4n) is 2.00. The molecule has 0 atom stereocenters. The Labute approximate surface area is 138 Å². The molecule has 130 valence electrons. The number of ether oxygens (including phenoxy) is 1. The number of aromatic nitrogens is 3. The fraction of sp³-hybridized carbons (Fsp3) is 0.400. The number of alkyl halides is 2. The summed E-state index contributed by atoms with van der Waals surface area (Å²) in [6.07, 6.45) is -0.971. The van der Waals surface area contributed by atoms with Crippen molar-refractivity contribution in [1.29, 1.82) is 0 Å². The second kappa shape index (κ2) is 8.23. The van der Waals surface area contributed by atoms with Crippen LogP contribution in [0.2, 0.25) is 0 Å². The minimum absolute atomic E-state index is 0.222. The number of amides is 2. The molecule has 2 N–H and O–H groups in total. The molecule has 0 radical (unpaired) electrons. The number of urea groups is 1. The molecule has 9 heteroatoms. The van der Waals surface area contributed by atoms with Gasteiger partial charge < -0.3 is 19.9 Å². The van der Waals surface area contributed by atoms with Gasteiger partial charge in [0, 0.05) is 18.3 Å². The number of carbonyl (C=O) groups excluding carboxylic acids is 1. The van der Waals surface area contributed by atoms with Gasteiger partial charge in [-0.1, -0.05) is 6.07 Å². The molecular formula is C15H19F2N5O2. The minimum Gasteiger partial charge on any atom is -0.487 e. The van der Waals surface area contributed by atoms with Crippen molar-refractivity contribution in [2.24, 2.45) is 0 Å². The number of hydrogen-bond donors (Lipinski definition) is 2. The highest BCUT2D eigenvalue weighted by atomic mass is 19.3. The quantitative estimate of drug-likeness (QED) is 0.812. The summed E-state index contributed by atoms with van der Waals surface area (Å²) in [4.78, 5) is 11.9. The molecule has 0 saturated carbocycles. The summed E-state index contributed by atoms with van der Waals surface area (Å²) in [5, 5.41) is 13.0. The van der Waals surface area contributed by atoms with Gasteiger partial charge in [0.05, 0.1) is 6.54 Å². The summed E-state index contributed by atoms with van der Waals surface area (Å²) < 4.78 is 31.3. The predicted molar refractivity (Wildman–Crippen MR) is 84.2 cm³/mol. The van der Waals surface area contributed by atoms with Gasteiger partial charge in [0.15, 0.2) is 5.82 Å². The third-order valence-corrected chi connectivity index (χ3v) is 3.25. The summed E-state index contributed by atoms with van der Waals surface area (Å²) in [6, 6.07) is 4.42. The maximum atomic E-state index is 12.2. The number of carbonyl (C=O) groups is 1. The standard InChI is InChI=1S/C15H19F2N5O2/c1-3-22-9-19-21-14(22)7-18-15(23)20-11-5-4-10(2)12(6-11)24-8-13(16)17/h4-6,9,13H,3,7-8H2,1-2H3,(H2,18,20,23). The highest BCUT2D eigenvalue weighted by Gasteiger charge is 2.09. The van der Waals surface area contributed by atoms with E-state index in [1.165, 1.54) is 6.07 Å². The maximum Gasteiger partial charge on any atom is 0.319 e. The molecule has 1 aromatic heterocycles. The summed E-state index contributed by atoms with van der Waals surface area (Å²) in [6.45, 7) is 3.92. The van der Waals surface area contributed by atoms with Crippen LogP contribution in [0.4, 0.5) is 19.3 Å². The van der Waals surface area contributed by atoms with Gasteiger partial charge in [0.25, 0.3) is 6.43 Å². The third kappa shape index (κ3) is 4.90. The van der Waals surface area contributed by atoms with Crippen molar-refractivity contribution in [1.82, 2.24) is 20.1 Å². The van der Waals surface area contributed by atoms with E-state index in [1.54, 1.807) is 25.4 Å². The predicted octanol–water partition coefficient (Wildman–Crippen LogP) is 2.57. The van der Waals surface area contributed by atoms with E-state index in [4.69, 9.17) is 4.74 Å². The molecule has 0 unspecified atom stereocenters. The minimum atomic E-state index is -2.56. The lowest BCUT2D eigenvalue weighted by Crippen LogP contribution is -2.29. The van der Waals surface area contributed by atoms with Gasteiger partial charge in [-0.25, -0.2) is 13.6 Å². The smallest absolute Gasteiger partial charge is 0.319 e. The molecule has 0 bridgehead atoms. The number of benzene rings is 1. The molecular weight excluding hydrogens is 320 g/mol. The van der Waals surface area contributed by atoms with E-state index < -0.39 is 19.1 Å². The van der Waals surface area contributed by atoms with Crippen molar-refractivity contribution in [3.8, 4) is 5.75 Å². The first-order valence-corrected chi connectivity index (χ1v) is 7.42. The lowest BCUT2D eigenvalue weighted by Gasteiger charge is -2.12. The highest BCUT2D eigenvalue weighted by molar-refractivity contribution is 5.89. The van der Waals surface area contributed by atoms with Crippen LogP contribution in [0.5, 0.6) is 5.75 Å². The Morgan fingerprint density at radius 2 is 2.21 bits per heavy atom. The first kappa shape index (κ1) is 17.6. The van der Waals surface area contributed by atoms with Crippen LogP contribution in [0, 0.1) is 6.92 Å². The molecule has 0 saturated heterocycles. The van der Waals surface area contributed by atoms with Crippen molar-refractivity contribution < 1.29 is 18.3 Å². The zero-order valence-electron chi connectivity index (χ0n) is 13.4. The van der Waals surface area contributed by atoms with Crippen LogP contribution in [0.25, 0.3) is 0 Å². The number of nitrogens with zero attached hydrogens (tertiary/aromatic N) is 3. The van der Waals surface area contributed by atoms with E-state index in [9.17, 15) is 13.6 Å². The maximum absolute atomic E-state index is 12.2. The second-order valence-corrected chi connectivity index (χ2v) is 5.02. The molecule has 7 nitrogen and oxygen atoms in total. The molecule has 24 heavy (non-hydrogen) atoms. The molecule has 0 spiro atoms. The van der Waals surface area contributed by atoms with Crippen molar-refractivity contribution >= 4 is 11.7 Å². The zero-order valence-corrected chi connectivity index (χ0v) is 13.4. The van der Waals surface area contributed by atoms with E-state index >= 15 is 0 Å². The molecule has 0 aliphatic rings. The van der Waals surface area contributed by atoms with Crippen LogP contribution in [0.3, 0.4) is 0 Å². The van der Waals surface area contributed by atoms with Crippen LogP contribution in [-0.4, -0.2) is 33.8 Å². The Morgan fingerprint density at radius 3 is 2.92 bits per heavy atom. The largest absolute Gasteiger partial charge is 0.487 e. The van der Waals surface area contributed by atoms with Crippen LogP contribution in [0.1, 0.15) is 18.3 Å². The van der Waals surface area contributed by atoms with Crippen molar-refractivity contribution in [2.45, 2.75) is 33.4 Å². The summed E-state index contributed by atoms with van der Waals surface area (Å²) >= 11 is 0. The second-order valence-electron chi connectivity index (χ2n) is 5.02. The fourth-order valence-corrected chi connectivity index (χ4v) is 2.00. The average Bonchev–Trinajstić information content (AvgIpc) is 3.01. The Morgan fingerprint density at radius 1 is 1.42 bits per heavy atom. The summed E-state index contributed by atoms with van der Waals surface area (Å²) in [5.41, 5.74) is 1.15. The average molecular weight is 339 g/mol. The van der Waals surface area contributed by atoms with Gasteiger partial charge in [0.1, 0.15) is 18.7 Å². The van der Waals surface area contributed by atoms with E-state index in [2.05, 4.69) is 20.8 Å². The lowest BCUT2D eigenvalue weighted by molar-refractivity contribution is 0.0816. The van der Waals surface area contributed by atoms with Gasteiger partial charge in [-0.15, -0.1) is 10.2 Å². The van der Waals surface area contributed by atoms with E-state index in [0.29, 0.717) is 29.4 Å². The van der Waals surface area contributed by atoms with E-state index in [0.717, 1.165) is 0 Å². The Hall–Kier alpha value is -2.71. The number of nitrogens with one attached hydrogen (secondary N) is 2. The molecule has 2 aromatic rings. The first-order chi connectivity index (χ1) is 11.5. The van der Waals surface area contributed by atoms with E-state index in [-0.39, 0.29) is 6.54 Å². The zero-order chi connectivity index (χ0) is 17.5. The Balaban J connectivity index is 1.92. The monoisotopic (exact) mass is 339 g/mol. The molecule has 1 heterocycles. The van der Waals surface area contributed by atoms with Gasteiger partial charge in [-0.05, 0) is 25.5 Å². The van der Waals surface area contributed by atoms with Crippen molar-refractivity contribution in [3.63, 3.8) is 0 Å². The highest BCUT2D eigenvalue weighted by Crippen LogP contribution is 2.23. The van der Waals surface area contributed by atoms with Crippen LogP contribution >= 0.6 is 0 Å². The molecule has 2 rings (SSSR count). The lowest BCUT2D eigenvalue weighted by atomic mass is 10.2. The number of anilines is 1. The van der Waals surface area contributed by atoms with E-state index in [1.807, 2.05) is 11.5 Å². The number of rotatable bonds is 7. The van der Waals surface area contributed by atoms with Crippen LogP contribution in [0.15, 0.2) is 24.5 Å². The van der Waals surface area contributed by atoms with Crippen LogP contribution in [-0.2, 0) is 13.1 Å². The SMILES string of the molecule is CCn1cnnc1CNC(=O)Nc1ccc(C)c(OCC(F)F)c1. The van der Waals surface area contributed by atoms with Crippen molar-refractivity contribution in [2.75, 3.05) is 11.9 Å². The Kier molecular flexibility index (Phi) is 6.05. The van der Waals surface area contributed by atoms with Crippen LogP contribution < -0.4 is 15.4 Å². The molecule has 2 amide bonds. The Bertz CT molecular complexity index is 690. The molecule has 0 aliphatic carbocycles. The number of hydrogen-bond acceptors (Lipinski definition) is 4. The van der Waals surface area contributed by atoms with Gasteiger partial charge >= 0.3 is 6.03 Å². The first-order valence-electron chi connectivity index (χ1n) is 7.42. The number of aryl methyl sites for hydroxylation is 2. The van der Waals surface area contributed by atoms with Gasteiger partial charge in [-0.2, -0.15) is 0 Å². The normalized spacial score (nSPS) is 10.7. The number of halogens is 2. The topological polar surface area (TPSA) is 81.1 Å². The van der Waals surface area contributed by atoms with Gasteiger partial charge in [0.2, 0.25) is 0 Å².